The van der Waals surface area contributed by atoms with Gasteiger partial charge in [-0.2, -0.15) is 0 Å². The van der Waals surface area contributed by atoms with E-state index in [4.69, 9.17) is 11.5 Å². The van der Waals surface area contributed by atoms with E-state index in [1.54, 1.807) is 53.7 Å². The van der Waals surface area contributed by atoms with Crippen LogP contribution in [0.3, 0.4) is 0 Å². The Balaban J connectivity index is 3.33. The Bertz CT molecular complexity index is 1510. The van der Waals surface area contributed by atoms with Crippen LogP contribution in [-0.2, 0) is 40.0 Å². The molecule has 1 aromatic carbocycles. The van der Waals surface area contributed by atoms with Crippen LogP contribution in [0.15, 0.2) is 24.3 Å². The molecule has 328 valence electrons. The van der Waals surface area contributed by atoms with Crippen LogP contribution in [-0.4, -0.2) is 123 Å². The van der Waals surface area contributed by atoms with Gasteiger partial charge in [0, 0.05) is 6.42 Å². The summed E-state index contributed by atoms with van der Waals surface area (Å²) in [7, 11) is 0. The number of aliphatic carboxylic acids is 1. The Morgan fingerprint density at radius 2 is 1.10 bits per heavy atom. The topological polar surface area (TPSA) is 325 Å². The number of carboxylic acid groups (broad SMARTS) is 1. The van der Waals surface area contributed by atoms with E-state index in [1.807, 2.05) is 0 Å². The van der Waals surface area contributed by atoms with Gasteiger partial charge >= 0.3 is 5.97 Å². The van der Waals surface area contributed by atoms with Crippen molar-refractivity contribution >= 4 is 41.4 Å². The molecule has 14 N–H and O–H groups in total. The van der Waals surface area contributed by atoms with E-state index in [9.17, 15) is 54.0 Å². The number of nitrogens with two attached hydrogens (primary N) is 2. The van der Waals surface area contributed by atoms with Crippen molar-refractivity contribution in [2.24, 2.45) is 29.2 Å². The smallest absolute Gasteiger partial charge is 0.326 e. The van der Waals surface area contributed by atoms with Crippen molar-refractivity contribution in [3.8, 4) is 5.75 Å². The monoisotopic (exact) mass is 822 g/mol. The second-order valence-corrected chi connectivity index (χ2v) is 15.1. The van der Waals surface area contributed by atoms with Gasteiger partial charge < -0.3 is 63.8 Å². The summed E-state index contributed by atoms with van der Waals surface area (Å²) in [5.74, 6) is -7.89. The van der Waals surface area contributed by atoms with Gasteiger partial charge in [-0.05, 0) is 61.8 Å². The van der Waals surface area contributed by atoms with Gasteiger partial charge in [-0.3, -0.25) is 28.8 Å². The quantitative estimate of drug-likeness (QED) is 0.0475. The first kappa shape index (κ1) is 51.2. The Labute approximate surface area is 340 Å². The maximum absolute atomic E-state index is 14.0. The number of aromatic hydroxyl groups is 1. The first-order chi connectivity index (χ1) is 27.2. The molecule has 0 heterocycles. The summed E-state index contributed by atoms with van der Waals surface area (Å²) in [5, 5.41) is 54.8. The Kier molecular flexibility index (Phi) is 22.5. The zero-order valence-corrected chi connectivity index (χ0v) is 34.6. The van der Waals surface area contributed by atoms with E-state index < -0.39 is 114 Å². The van der Waals surface area contributed by atoms with Crippen molar-refractivity contribution in [3.63, 3.8) is 0 Å². The lowest BCUT2D eigenvalue weighted by Gasteiger charge is -2.30. The molecule has 0 aliphatic carbocycles. The molecular weight excluding hydrogens is 756 g/mol. The third-order valence-corrected chi connectivity index (χ3v) is 10.0. The number of nitrogens with one attached hydrogen (secondary N) is 6. The minimum atomic E-state index is -1.68. The van der Waals surface area contributed by atoms with Gasteiger partial charge in [0.15, 0.2) is 0 Å². The molecule has 6 amide bonds. The van der Waals surface area contributed by atoms with Crippen molar-refractivity contribution in [1.82, 2.24) is 31.9 Å². The zero-order chi connectivity index (χ0) is 44.3. The molecule has 0 aromatic heterocycles. The third-order valence-electron chi connectivity index (χ3n) is 10.0. The summed E-state index contributed by atoms with van der Waals surface area (Å²) in [6.45, 7) is 10.8. The van der Waals surface area contributed by atoms with Gasteiger partial charge in [-0.25, -0.2) is 4.79 Å². The molecule has 0 aliphatic rings. The predicted molar refractivity (Wildman–Crippen MR) is 214 cm³/mol. The number of amides is 6. The molecule has 1 aromatic rings. The maximum atomic E-state index is 14.0. The molecule has 0 spiro atoms. The number of unbranched alkanes of at least 4 members (excludes halogenated alkanes) is 1. The van der Waals surface area contributed by atoms with Crippen molar-refractivity contribution in [3.05, 3.63) is 29.8 Å². The Hall–Kier alpha value is -4.85. The third kappa shape index (κ3) is 16.6. The molecule has 0 aliphatic heterocycles. The molecule has 19 nitrogen and oxygen atoms in total. The summed E-state index contributed by atoms with van der Waals surface area (Å²) in [6.07, 6.45) is 0.767. The number of benzene rings is 1. The van der Waals surface area contributed by atoms with E-state index in [-0.39, 0.29) is 12.2 Å². The molecule has 0 bridgehead atoms. The number of carbonyl (C=O) groups is 7. The average Bonchev–Trinajstić information content (AvgIpc) is 3.17. The lowest BCUT2D eigenvalue weighted by molar-refractivity contribution is -0.144. The van der Waals surface area contributed by atoms with Crippen LogP contribution in [0.5, 0.6) is 5.75 Å². The first-order valence-electron chi connectivity index (χ1n) is 19.8. The molecule has 0 radical (unpaired) electrons. The standard InChI is InChI=1S/C39H66N8O11/c1-8-21(5)30(37(55)43-28(19-48)35(53)47-32(23(7)49)38(56)46-31(39(57)58)22(6)9-2)45-34(52)27(18-24-13-15-25(50)16-14-24)42-36(54)29(20(3)4)44-33(51)26(41)12-10-11-17-40/h13-16,20-23,26-32,48-50H,8-12,17-19,40-41H2,1-7H3,(H,42,54)(H,43,55)(H,44,51)(H,45,52)(H,46,56)(H,47,53)(H,57,58)/t21-,22-,23+,26-,27-,28-,29-,30-,31-,32-/m0/s1. The number of hydrogen-bond donors (Lipinski definition) is 12. The largest absolute Gasteiger partial charge is 0.508 e. The molecule has 58 heavy (non-hydrogen) atoms. The van der Waals surface area contributed by atoms with E-state index in [2.05, 4.69) is 31.9 Å². The van der Waals surface area contributed by atoms with Gasteiger partial charge in [-0.1, -0.05) is 72.9 Å². The summed E-state index contributed by atoms with van der Waals surface area (Å²) in [6, 6.07) is -3.43. The summed E-state index contributed by atoms with van der Waals surface area (Å²) in [5.41, 5.74) is 12.1. The summed E-state index contributed by atoms with van der Waals surface area (Å²) in [4.78, 5) is 92.5. The van der Waals surface area contributed by atoms with Gasteiger partial charge in [0.25, 0.3) is 0 Å². The number of aliphatic hydroxyl groups is 2. The fourth-order valence-electron chi connectivity index (χ4n) is 5.77. The van der Waals surface area contributed by atoms with Gasteiger partial charge in [-0.15, -0.1) is 0 Å². The number of phenols is 1. The molecule has 0 unspecified atom stereocenters. The van der Waals surface area contributed by atoms with Crippen LogP contribution < -0.4 is 43.4 Å². The highest BCUT2D eigenvalue weighted by Gasteiger charge is 2.37. The lowest BCUT2D eigenvalue weighted by Crippen LogP contribution is -2.63. The molecule has 0 fully saturated rings. The minimum absolute atomic E-state index is 0.0360. The normalized spacial score (nSPS) is 16.5. The second-order valence-electron chi connectivity index (χ2n) is 15.1. The van der Waals surface area contributed by atoms with Crippen LogP contribution >= 0.6 is 0 Å². The summed E-state index contributed by atoms with van der Waals surface area (Å²) < 4.78 is 0. The summed E-state index contributed by atoms with van der Waals surface area (Å²) >= 11 is 0. The average molecular weight is 823 g/mol. The molecular formula is C39H66N8O11. The van der Waals surface area contributed by atoms with Crippen molar-refractivity contribution in [2.45, 2.75) is 135 Å². The first-order valence-corrected chi connectivity index (χ1v) is 19.8. The number of phenolic OH excluding ortho intramolecular Hbond substituents is 1. The van der Waals surface area contributed by atoms with Crippen LogP contribution in [0.25, 0.3) is 0 Å². The minimum Gasteiger partial charge on any atom is -0.508 e. The molecule has 10 atom stereocenters. The van der Waals surface area contributed by atoms with Gasteiger partial charge in [0.05, 0.1) is 18.8 Å². The second kappa shape index (κ2) is 25.5. The molecule has 1 rings (SSSR count). The Morgan fingerprint density at radius 1 is 0.638 bits per heavy atom. The number of hydrogen-bond acceptors (Lipinski definition) is 12. The Morgan fingerprint density at radius 3 is 1.60 bits per heavy atom. The van der Waals surface area contributed by atoms with Crippen LogP contribution in [0.4, 0.5) is 0 Å². The van der Waals surface area contributed by atoms with E-state index in [0.29, 0.717) is 44.2 Å². The zero-order valence-electron chi connectivity index (χ0n) is 34.6. The number of carboxylic acids is 1. The lowest BCUT2D eigenvalue weighted by atomic mass is 9.96. The highest BCUT2D eigenvalue weighted by molar-refractivity contribution is 5.97. The highest BCUT2D eigenvalue weighted by atomic mass is 16.4. The fourth-order valence-corrected chi connectivity index (χ4v) is 5.77. The van der Waals surface area contributed by atoms with Crippen molar-refractivity contribution < 1.29 is 54.0 Å². The van der Waals surface area contributed by atoms with E-state index >= 15 is 0 Å². The maximum Gasteiger partial charge on any atom is 0.326 e. The molecule has 0 saturated carbocycles. The number of carbonyl (C=O) groups excluding carboxylic acids is 6. The fraction of sp³-hybridized carbons (Fsp3) is 0.667. The van der Waals surface area contributed by atoms with Gasteiger partial charge in [0.1, 0.15) is 42.0 Å². The van der Waals surface area contributed by atoms with E-state index in [0.717, 1.165) is 0 Å². The van der Waals surface area contributed by atoms with Crippen molar-refractivity contribution in [1.29, 1.82) is 0 Å². The SMILES string of the molecule is CC[C@H](C)[C@H](NC(=O)[C@@H](NC(=O)[C@H](CO)NC(=O)[C@@H](NC(=O)[C@H](Cc1ccc(O)cc1)NC(=O)[C@@H](NC(=O)[C@@H](N)CCCCN)C(C)C)[C@@H](C)CC)[C@@H](C)O)C(=O)O. The van der Waals surface area contributed by atoms with E-state index in [1.165, 1.54) is 19.1 Å². The van der Waals surface area contributed by atoms with Crippen LogP contribution in [0.2, 0.25) is 0 Å². The molecule has 19 heteroatoms. The highest BCUT2D eigenvalue weighted by Crippen LogP contribution is 2.15. The number of rotatable bonds is 26. The predicted octanol–water partition coefficient (Wildman–Crippen LogP) is -1.49. The van der Waals surface area contributed by atoms with Gasteiger partial charge in [0.2, 0.25) is 35.4 Å². The van der Waals surface area contributed by atoms with Crippen LogP contribution in [0, 0.1) is 17.8 Å². The van der Waals surface area contributed by atoms with Crippen molar-refractivity contribution in [2.75, 3.05) is 13.2 Å². The molecule has 0 saturated heterocycles. The number of aliphatic hydroxyl groups excluding tert-OH is 2. The van der Waals surface area contributed by atoms with Crippen LogP contribution in [0.1, 0.15) is 86.1 Å².